The van der Waals surface area contributed by atoms with Gasteiger partial charge >= 0.3 is 0 Å². The van der Waals surface area contributed by atoms with E-state index in [1.165, 1.54) is 6.08 Å². The SMILES string of the molecule is CCc1cc(Br)c(O)c(CN=C=O)c1. The Bertz CT molecular complexity index is 384. The summed E-state index contributed by atoms with van der Waals surface area (Å²) < 4.78 is 0.632. The molecule has 1 N–H and O–H groups in total. The third-order valence-electron chi connectivity index (χ3n) is 1.92. The summed E-state index contributed by atoms with van der Waals surface area (Å²) in [6.07, 6.45) is 2.32. The first-order valence-corrected chi connectivity index (χ1v) is 5.02. The van der Waals surface area contributed by atoms with Gasteiger partial charge in [-0.15, -0.1) is 0 Å². The first-order chi connectivity index (χ1) is 6.69. The van der Waals surface area contributed by atoms with Gasteiger partial charge in [-0.1, -0.05) is 13.0 Å². The van der Waals surface area contributed by atoms with Crippen molar-refractivity contribution >= 4 is 22.0 Å². The molecule has 0 saturated carbocycles. The predicted molar refractivity (Wildman–Crippen MR) is 57.0 cm³/mol. The molecule has 14 heavy (non-hydrogen) atoms. The zero-order valence-corrected chi connectivity index (χ0v) is 9.34. The maximum absolute atomic E-state index is 9.94. The highest BCUT2D eigenvalue weighted by Gasteiger charge is 2.06. The van der Waals surface area contributed by atoms with Gasteiger partial charge in [-0.25, -0.2) is 9.79 Å². The number of nitrogens with zero attached hydrogens (tertiary/aromatic N) is 1. The van der Waals surface area contributed by atoms with E-state index in [4.69, 9.17) is 0 Å². The molecule has 74 valence electrons. The standard InChI is InChI=1S/C10H10BrNO2/c1-2-7-3-8(5-12-6-13)10(14)9(11)4-7/h3-4,14H,2,5H2,1H3. The van der Waals surface area contributed by atoms with Gasteiger partial charge < -0.3 is 5.11 Å². The zero-order chi connectivity index (χ0) is 10.6. The van der Waals surface area contributed by atoms with Gasteiger partial charge in [0.1, 0.15) is 5.75 Å². The second-order valence-corrected chi connectivity index (χ2v) is 3.70. The van der Waals surface area contributed by atoms with Crippen LogP contribution in [0.4, 0.5) is 0 Å². The Labute approximate surface area is 90.6 Å². The summed E-state index contributed by atoms with van der Waals surface area (Å²) in [5, 5.41) is 9.61. The number of aliphatic imine (C=N–C) groups is 1. The summed E-state index contributed by atoms with van der Waals surface area (Å²) in [4.78, 5) is 13.4. The van der Waals surface area contributed by atoms with Gasteiger partial charge in [-0.2, -0.15) is 0 Å². The topological polar surface area (TPSA) is 49.7 Å². The van der Waals surface area contributed by atoms with Gasteiger partial charge in [0.15, 0.2) is 0 Å². The van der Waals surface area contributed by atoms with E-state index in [0.29, 0.717) is 10.0 Å². The first kappa shape index (κ1) is 11.0. The molecule has 0 aromatic heterocycles. The fraction of sp³-hybridized carbons (Fsp3) is 0.300. The Balaban J connectivity index is 3.12. The normalized spacial score (nSPS) is 9.57. The third-order valence-corrected chi connectivity index (χ3v) is 2.53. The van der Waals surface area contributed by atoms with Crippen LogP contribution in [0.1, 0.15) is 18.1 Å². The predicted octanol–water partition coefficient (Wildman–Crippen LogP) is 2.55. The first-order valence-electron chi connectivity index (χ1n) is 4.23. The molecule has 1 aromatic rings. The van der Waals surface area contributed by atoms with E-state index in [2.05, 4.69) is 20.9 Å². The minimum Gasteiger partial charge on any atom is -0.506 e. The zero-order valence-electron chi connectivity index (χ0n) is 7.75. The van der Waals surface area contributed by atoms with Crippen LogP contribution in [-0.4, -0.2) is 11.2 Å². The van der Waals surface area contributed by atoms with Crippen molar-refractivity contribution in [2.75, 3.05) is 0 Å². The number of phenolic OH excluding ortho intramolecular Hbond substituents is 1. The van der Waals surface area contributed by atoms with Crippen molar-refractivity contribution < 1.29 is 9.90 Å². The molecule has 3 nitrogen and oxygen atoms in total. The molecule has 4 heteroatoms. The molecule has 0 aliphatic heterocycles. The Hall–Kier alpha value is -1.12. The molecule has 0 saturated heterocycles. The summed E-state index contributed by atoms with van der Waals surface area (Å²) in [6, 6.07) is 3.68. The molecule has 0 radical (unpaired) electrons. The number of halogens is 1. The van der Waals surface area contributed by atoms with Crippen LogP contribution in [0.2, 0.25) is 0 Å². The summed E-state index contributed by atoms with van der Waals surface area (Å²) in [6.45, 7) is 2.19. The van der Waals surface area contributed by atoms with Crippen LogP contribution in [0.5, 0.6) is 5.75 Å². The fourth-order valence-corrected chi connectivity index (χ4v) is 1.71. The Morgan fingerprint density at radius 3 is 2.86 bits per heavy atom. The van der Waals surface area contributed by atoms with Crippen LogP contribution >= 0.6 is 15.9 Å². The van der Waals surface area contributed by atoms with Crippen molar-refractivity contribution in [3.63, 3.8) is 0 Å². The molecule has 1 rings (SSSR count). The van der Waals surface area contributed by atoms with Gasteiger partial charge in [0.05, 0.1) is 11.0 Å². The van der Waals surface area contributed by atoms with Gasteiger partial charge in [-0.3, -0.25) is 0 Å². The molecular weight excluding hydrogens is 246 g/mol. The average Bonchev–Trinajstić information content (AvgIpc) is 2.20. The number of hydrogen-bond acceptors (Lipinski definition) is 3. The van der Waals surface area contributed by atoms with Crippen LogP contribution < -0.4 is 0 Å². The van der Waals surface area contributed by atoms with E-state index in [1.807, 2.05) is 19.1 Å². The number of rotatable bonds is 3. The molecule has 0 amide bonds. The molecule has 0 heterocycles. The number of aromatic hydroxyl groups is 1. The minimum absolute atomic E-state index is 0.140. The molecule has 0 bridgehead atoms. The van der Waals surface area contributed by atoms with E-state index >= 15 is 0 Å². The molecule has 0 aliphatic carbocycles. The Morgan fingerprint density at radius 1 is 1.57 bits per heavy atom. The van der Waals surface area contributed by atoms with Gasteiger partial charge in [0.2, 0.25) is 6.08 Å². The van der Waals surface area contributed by atoms with Crippen molar-refractivity contribution in [3.05, 3.63) is 27.7 Å². The number of isocyanates is 1. The highest BCUT2D eigenvalue weighted by atomic mass is 79.9. The summed E-state index contributed by atoms with van der Waals surface area (Å²) >= 11 is 3.24. The second-order valence-electron chi connectivity index (χ2n) is 2.85. The van der Waals surface area contributed by atoms with E-state index in [1.54, 1.807) is 0 Å². The molecular formula is C10H10BrNO2. The molecule has 0 aliphatic rings. The maximum atomic E-state index is 9.94. The summed E-state index contributed by atoms with van der Waals surface area (Å²) in [7, 11) is 0. The largest absolute Gasteiger partial charge is 0.506 e. The Morgan fingerprint density at radius 2 is 2.29 bits per heavy atom. The van der Waals surface area contributed by atoms with Gasteiger partial charge in [0.25, 0.3) is 0 Å². The quantitative estimate of drug-likeness (QED) is 0.667. The van der Waals surface area contributed by atoms with Crippen LogP contribution in [-0.2, 0) is 17.8 Å². The monoisotopic (exact) mass is 255 g/mol. The second kappa shape index (κ2) is 4.94. The number of phenols is 1. The number of aryl methyl sites for hydroxylation is 1. The van der Waals surface area contributed by atoms with Crippen molar-refractivity contribution in [3.8, 4) is 5.75 Å². The van der Waals surface area contributed by atoms with Crippen molar-refractivity contribution in [2.24, 2.45) is 4.99 Å². The summed E-state index contributed by atoms with van der Waals surface area (Å²) in [5.41, 5.74) is 1.73. The maximum Gasteiger partial charge on any atom is 0.235 e. The fourth-order valence-electron chi connectivity index (χ4n) is 1.16. The molecule has 0 atom stereocenters. The summed E-state index contributed by atoms with van der Waals surface area (Å²) in [5.74, 6) is 0.140. The number of carbonyl (C=O) groups excluding carboxylic acids is 1. The van der Waals surface area contributed by atoms with Crippen molar-refractivity contribution in [1.29, 1.82) is 0 Å². The minimum atomic E-state index is 0.140. The third kappa shape index (κ3) is 2.44. The van der Waals surface area contributed by atoms with E-state index in [0.717, 1.165) is 12.0 Å². The highest BCUT2D eigenvalue weighted by molar-refractivity contribution is 9.10. The van der Waals surface area contributed by atoms with E-state index < -0.39 is 0 Å². The Kier molecular flexibility index (Phi) is 3.86. The van der Waals surface area contributed by atoms with Crippen molar-refractivity contribution in [2.45, 2.75) is 19.9 Å². The van der Waals surface area contributed by atoms with Crippen molar-refractivity contribution in [1.82, 2.24) is 0 Å². The van der Waals surface area contributed by atoms with E-state index in [-0.39, 0.29) is 12.3 Å². The number of hydrogen-bond donors (Lipinski definition) is 1. The van der Waals surface area contributed by atoms with Gasteiger partial charge in [-0.05, 0) is 34.0 Å². The lowest BCUT2D eigenvalue weighted by atomic mass is 10.1. The number of benzene rings is 1. The van der Waals surface area contributed by atoms with Crippen LogP contribution in [0, 0.1) is 0 Å². The van der Waals surface area contributed by atoms with Crippen LogP contribution in [0.15, 0.2) is 21.6 Å². The lowest BCUT2D eigenvalue weighted by molar-refractivity contribution is 0.464. The molecule has 0 spiro atoms. The van der Waals surface area contributed by atoms with Gasteiger partial charge in [0, 0.05) is 5.56 Å². The van der Waals surface area contributed by atoms with Crippen LogP contribution in [0.25, 0.3) is 0 Å². The van der Waals surface area contributed by atoms with E-state index in [9.17, 15) is 9.90 Å². The molecule has 0 fully saturated rings. The smallest absolute Gasteiger partial charge is 0.235 e. The lowest BCUT2D eigenvalue weighted by Crippen LogP contribution is -1.88. The molecule has 0 unspecified atom stereocenters. The van der Waals surface area contributed by atoms with Crippen LogP contribution in [0.3, 0.4) is 0 Å². The molecule has 1 aromatic carbocycles. The lowest BCUT2D eigenvalue weighted by Gasteiger charge is -2.06. The highest BCUT2D eigenvalue weighted by Crippen LogP contribution is 2.30. The average molecular weight is 256 g/mol.